The molecular weight excluding hydrogens is 411 g/mol. The quantitative estimate of drug-likeness (QED) is 0.655. The molecule has 2 amide bonds. The minimum atomic E-state index is -0.253. The summed E-state index contributed by atoms with van der Waals surface area (Å²) in [6, 6.07) is 9.09. The Hall–Kier alpha value is -2.22. The van der Waals surface area contributed by atoms with Crippen molar-refractivity contribution in [2.75, 3.05) is 32.7 Å². The van der Waals surface area contributed by atoms with Gasteiger partial charge in [0.2, 0.25) is 0 Å². The molecule has 2 heterocycles. The van der Waals surface area contributed by atoms with E-state index in [0.29, 0.717) is 60.9 Å². The van der Waals surface area contributed by atoms with Crippen molar-refractivity contribution in [3.05, 3.63) is 52.2 Å². The van der Waals surface area contributed by atoms with Gasteiger partial charge in [0.25, 0.3) is 0 Å². The van der Waals surface area contributed by atoms with Crippen molar-refractivity contribution < 1.29 is 9.18 Å². The van der Waals surface area contributed by atoms with Gasteiger partial charge in [0.15, 0.2) is 0 Å². The van der Waals surface area contributed by atoms with Crippen LogP contribution in [0.25, 0.3) is 21.3 Å². The third-order valence-corrected chi connectivity index (χ3v) is 6.14. The van der Waals surface area contributed by atoms with E-state index < -0.39 is 0 Å². The standard InChI is InChI=1S/C21H22ClFN4OS/c1-2-24-21(28)27-8-6-26(7-9-27)12-15-11-17-20(25-13-29-17)18(19(15)23)14-4-3-5-16(22)10-14/h3-5,10-11,13H,2,6-9,12H2,1H3,(H,24,28). The van der Waals surface area contributed by atoms with Crippen molar-refractivity contribution in [3.8, 4) is 11.1 Å². The Kier molecular flexibility index (Phi) is 5.99. The molecule has 1 aromatic heterocycles. The lowest BCUT2D eigenvalue weighted by molar-refractivity contribution is 0.135. The highest BCUT2D eigenvalue weighted by Gasteiger charge is 2.23. The summed E-state index contributed by atoms with van der Waals surface area (Å²) in [6.07, 6.45) is 0. The van der Waals surface area contributed by atoms with E-state index in [0.717, 1.165) is 10.3 Å². The molecule has 0 saturated carbocycles. The van der Waals surface area contributed by atoms with Crippen molar-refractivity contribution in [1.82, 2.24) is 20.1 Å². The van der Waals surface area contributed by atoms with Crippen LogP contribution >= 0.6 is 22.9 Å². The summed E-state index contributed by atoms with van der Waals surface area (Å²) in [5.41, 5.74) is 4.28. The molecule has 1 N–H and O–H groups in total. The Bertz CT molecular complexity index is 1030. The highest BCUT2D eigenvalue weighted by Crippen LogP contribution is 2.36. The maximum Gasteiger partial charge on any atom is 0.317 e. The number of piperazine rings is 1. The van der Waals surface area contributed by atoms with Gasteiger partial charge in [-0.25, -0.2) is 14.2 Å². The van der Waals surface area contributed by atoms with Crippen molar-refractivity contribution in [1.29, 1.82) is 0 Å². The lowest BCUT2D eigenvalue weighted by Gasteiger charge is -2.34. The lowest BCUT2D eigenvalue weighted by atomic mass is 10.00. The number of hydrogen-bond acceptors (Lipinski definition) is 4. The highest BCUT2D eigenvalue weighted by molar-refractivity contribution is 7.16. The molecule has 0 atom stereocenters. The van der Waals surface area contributed by atoms with E-state index in [-0.39, 0.29) is 11.8 Å². The Morgan fingerprint density at radius 2 is 2.07 bits per heavy atom. The van der Waals surface area contributed by atoms with Gasteiger partial charge < -0.3 is 10.2 Å². The topological polar surface area (TPSA) is 48.5 Å². The van der Waals surface area contributed by atoms with Gasteiger partial charge in [-0.15, -0.1) is 11.3 Å². The zero-order valence-corrected chi connectivity index (χ0v) is 17.7. The zero-order valence-electron chi connectivity index (χ0n) is 16.1. The maximum atomic E-state index is 15.6. The predicted molar refractivity (Wildman–Crippen MR) is 116 cm³/mol. The smallest absolute Gasteiger partial charge is 0.317 e. The summed E-state index contributed by atoms with van der Waals surface area (Å²) >= 11 is 7.65. The number of rotatable bonds is 4. The molecule has 8 heteroatoms. The second-order valence-electron chi connectivity index (χ2n) is 7.03. The second-order valence-corrected chi connectivity index (χ2v) is 8.36. The molecule has 4 rings (SSSR count). The van der Waals surface area contributed by atoms with E-state index >= 15 is 4.39 Å². The van der Waals surface area contributed by atoms with Gasteiger partial charge in [-0.1, -0.05) is 23.7 Å². The first kappa shape index (κ1) is 20.1. The molecule has 0 bridgehead atoms. The van der Waals surface area contributed by atoms with Crippen molar-refractivity contribution in [3.63, 3.8) is 0 Å². The van der Waals surface area contributed by atoms with Crippen LogP contribution in [0.15, 0.2) is 35.8 Å². The molecule has 0 unspecified atom stereocenters. The number of aromatic nitrogens is 1. The molecule has 1 aliphatic heterocycles. The number of thiazole rings is 1. The molecule has 1 saturated heterocycles. The van der Waals surface area contributed by atoms with Gasteiger partial charge in [0.05, 0.1) is 15.7 Å². The van der Waals surface area contributed by atoms with Crippen LogP contribution in [0.1, 0.15) is 12.5 Å². The van der Waals surface area contributed by atoms with Gasteiger partial charge in [-0.3, -0.25) is 4.90 Å². The number of halogens is 2. The Labute approximate surface area is 178 Å². The fraction of sp³-hybridized carbons (Fsp3) is 0.333. The zero-order chi connectivity index (χ0) is 20.4. The molecule has 0 aliphatic carbocycles. The van der Waals surface area contributed by atoms with Crippen LogP contribution in [0, 0.1) is 5.82 Å². The number of carbonyl (C=O) groups excluding carboxylic acids is 1. The van der Waals surface area contributed by atoms with Crippen molar-refractivity contribution in [2.45, 2.75) is 13.5 Å². The average Bonchev–Trinajstić information content (AvgIpc) is 3.17. The molecular formula is C21H22ClFN4OS. The summed E-state index contributed by atoms with van der Waals surface area (Å²) in [4.78, 5) is 20.4. The minimum absolute atomic E-state index is 0.0346. The Morgan fingerprint density at radius 3 is 2.79 bits per heavy atom. The van der Waals surface area contributed by atoms with Crippen LogP contribution in [-0.2, 0) is 6.54 Å². The van der Waals surface area contributed by atoms with E-state index in [1.807, 2.05) is 25.1 Å². The van der Waals surface area contributed by atoms with E-state index in [2.05, 4.69) is 15.2 Å². The number of fused-ring (bicyclic) bond motifs is 1. The molecule has 3 aromatic rings. The number of amides is 2. The number of benzene rings is 2. The molecule has 1 fully saturated rings. The Morgan fingerprint density at radius 1 is 1.28 bits per heavy atom. The summed E-state index contributed by atoms with van der Waals surface area (Å²) in [5, 5.41) is 3.40. The normalized spacial score (nSPS) is 15.1. The molecule has 5 nitrogen and oxygen atoms in total. The van der Waals surface area contributed by atoms with E-state index in [1.165, 1.54) is 11.3 Å². The van der Waals surface area contributed by atoms with E-state index in [4.69, 9.17) is 11.6 Å². The maximum absolute atomic E-state index is 15.6. The number of hydrogen-bond donors (Lipinski definition) is 1. The summed E-state index contributed by atoms with van der Waals surface area (Å²) in [6.45, 7) is 5.72. The third-order valence-electron chi connectivity index (χ3n) is 5.13. The first-order chi connectivity index (χ1) is 14.1. The number of urea groups is 1. The van der Waals surface area contributed by atoms with Crippen LogP contribution in [0.2, 0.25) is 5.02 Å². The van der Waals surface area contributed by atoms with Gasteiger partial charge in [0, 0.05) is 55.4 Å². The number of carbonyl (C=O) groups is 1. The molecule has 29 heavy (non-hydrogen) atoms. The molecule has 1 aliphatic rings. The highest BCUT2D eigenvalue weighted by atomic mass is 35.5. The van der Waals surface area contributed by atoms with Crippen molar-refractivity contribution in [2.24, 2.45) is 0 Å². The van der Waals surface area contributed by atoms with Gasteiger partial charge in [-0.2, -0.15) is 0 Å². The monoisotopic (exact) mass is 432 g/mol. The van der Waals surface area contributed by atoms with Crippen LogP contribution in [0.3, 0.4) is 0 Å². The van der Waals surface area contributed by atoms with Gasteiger partial charge in [-0.05, 0) is 30.7 Å². The second kappa shape index (κ2) is 8.65. The minimum Gasteiger partial charge on any atom is -0.338 e. The molecule has 152 valence electrons. The van der Waals surface area contributed by atoms with Gasteiger partial charge >= 0.3 is 6.03 Å². The largest absolute Gasteiger partial charge is 0.338 e. The Balaban J connectivity index is 1.59. The van der Waals surface area contributed by atoms with E-state index in [9.17, 15) is 4.79 Å². The molecule has 2 aromatic carbocycles. The summed E-state index contributed by atoms with van der Waals surface area (Å²) < 4.78 is 16.5. The number of nitrogens with zero attached hydrogens (tertiary/aromatic N) is 3. The number of nitrogens with one attached hydrogen (secondary N) is 1. The van der Waals surface area contributed by atoms with Gasteiger partial charge in [0.1, 0.15) is 5.82 Å². The average molecular weight is 433 g/mol. The fourth-order valence-corrected chi connectivity index (χ4v) is 4.61. The fourth-order valence-electron chi connectivity index (χ4n) is 3.67. The van der Waals surface area contributed by atoms with E-state index in [1.54, 1.807) is 22.5 Å². The van der Waals surface area contributed by atoms with Crippen molar-refractivity contribution >= 4 is 39.2 Å². The predicted octanol–water partition coefficient (Wildman–Crippen LogP) is 4.60. The van der Waals surface area contributed by atoms with Crippen LogP contribution < -0.4 is 5.32 Å². The van der Waals surface area contributed by atoms with Crippen LogP contribution in [-0.4, -0.2) is 53.5 Å². The summed E-state index contributed by atoms with van der Waals surface area (Å²) in [5.74, 6) is -0.253. The van der Waals surface area contributed by atoms with Crippen LogP contribution in [0.4, 0.5) is 9.18 Å². The third kappa shape index (κ3) is 4.22. The first-order valence-electron chi connectivity index (χ1n) is 9.62. The molecule has 0 radical (unpaired) electrons. The first-order valence-corrected chi connectivity index (χ1v) is 10.9. The molecule has 0 spiro atoms. The van der Waals surface area contributed by atoms with Crippen LogP contribution in [0.5, 0.6) is 0 Å². The lowest BCUT2D eigenvalue weighted by Crippen LogP contribution is -2.51. The SMILES string of the molecule is CCNC(=O)N1CCN(Cc2cc3scnc3c(-c3cccc(Cl)c3)c2F)CC1. The summed E-state index contributed by atoms with van der Waals surface area (Å²) in [7, 11) is 0.